The van der Waals surface area contributed by atoms with E-state index in [0.717, 1.165) is 15.4 Å². The van der Waals surface area contributed by atoms with E-state index in [2.05, 4.69) is 5.32 Å². The number of nitrogens with zero attached hydrogens (tertiary/aromatic N) is 2. The lowest BCUT2D eigenvalue weighted by Crippen LogP contribution is -2.54. The highest BCUT2D eigenvalue weighted by Crippen LogP contribution is 2.28. The third-order valence-corrected chi connectivity index (χ3v) is 9.20. The van der Waals surface area contributed by atoms with Crippen LogP contribution in [0.5, 0.6) is 0 Å². The molecule has 0 radical (unpaired) electrons. The normalized spacial score (nSPS) is 12.0. The second kappa shape index (κ2) is 15.0. The van der Waals surface area contributed by atoms with Crippen molar-refractivity contribution in [3.05, 3.63) is 131 Å². The molecule has 2 amide bonds. The summed E-state index contributed by atoms with van der Waals surface area (Å²) in [5.41, 5.74) is 2.78. The summed E-state index contributed by atoms with van der Waals surface area (Å²) in [5, 5.41) is 3.46. The van der Waals surface area contributed by atoms with Gasteiger partial charge in [0, 0.05) is 24.0 Å². The maximum atomic E-state index is 14.5. The number of sulfonamides is 1. The van der Waals surface area contributed by atoms with Crippen molar-refractivity contribution in [1.29, 1.82) is 0 Å². The first-order valence-electron chi connectivity index (χ1n) is 14.6. The molecule has 0 heterocycles. The zero-order valence-electron chi connectivity index (χ0n) is 25.2. The van der Waals surface area contributed by atoms with E-state index in [1.165, 1.54) is 17.0 Å². The highest BCUT2D eigenvalue weighted by atomic mass is 35.5. The standard InChI is InChI=1S/C35H38ClN3O4S/c1-4-29-17-11-12-21-32(29)39(44(42,43)31-19-9-6-10-20-31)25-34(40)38(24-28-16-13-18-30(36)22-28)33(35(41)37-26(2)3)23-27-14-7-5-8-15-27/h5-22,26,33H,4,23-25H2,1-3H3,(H,37,41)/t33-/m0/s1. The van der Waals surface area contributed by atoms with Crippen molar-refractivity contribution in [2.45, 2.75) is 57.1 Å². The first-order valence-corrected chi connectivity index (χ1v) is 16.5. The zero-order valence-corrected chi connectivity index (χ0v) is 26.8. The molecule has 0 saturated heterocycles. The SMILES string of the molecule is CCc1ccccc1N(CC(=O)N(Cc1cccc(Cl)c1)[C@@H](Cc1ccccc1)C(=O)NC(C)C)S(=O)(=O)c1ccccc1. The Hall–Kier alpha value is -4.14. The Morgan fingerprint density at radius 3 is 2.07 bits per heavy atom. The van der Waals surface area contributed by atoms with Crippen LogP contribution in [0, 0.1) is 0 Å². The Bertz CT molecular complexity index is 1660. The molecule has 9 heteroatoms. The molecule has 0 spiro atoms. The van der Waals surface area contributed by atoms with E-state index >= 15 is 0 Å². The van der Waals surface area contributed by atoms with Gasteiger partial charge in [-0.05, 0) is 67.3 Å². The average molecular weight is 632 g/mol. The summed E-state index contributed by atoms with van der Waals surface area (Å²) in [5.74, 6) is -0.846. The largest absolute Gasteiger partial charge is 0.352 e. The lowest BCUT2D eigenvalue weighted by atomic mass is 10.0. The molecular formula is C35H38ClN3O4S. The zero-order chi connectivity index (χ0) is 31.7. The highest BCUT2D eigenvalue weighted by Gasteiger charge is 2.35. The lowest BCUT2D eigenvalue weighted by molar-refractivity contribution is -0.140. The van der Waals surface area contributed by atoms with Crippen molar-refractivity contribution in [2.24, 2.45) is 0 Å². The van der Waals surface area contributed by atoms with Crippen LogP contribution in [0.25, 0.3) is 0 Å². The number of carbonyl (C=O) groups excluding carboxylic acids is 2. The number of amides is 2. The third kappa shape index (κ3) is 8.27. The van der Waals surface area contributed by atoms with Crippen LogP contribution in [-0.4, -0.2) is 43.8 Å². The maximum Gasteiger partial charge on any atom is 0.264 e. The van der Waals surface area contributed by atoms with Gasteiger partial charge in [-0.15, -0.1) is 0 Å². The number of nitrogens with one attached hydrogen (secondary N) is 1. The molecule has 0 aromatic heterocycles. The molecule has 7 nitrogen and oxygen atoms in total. The van der Waals surface area contributed by atoms with Crippen LogP contribution in [0.15, 0.2) is 114 Å². The van der Waals surface area contributed by atoms with E-state index < -0.39 is 28.5 Å². The summed E-state index contributed by atoms with van der Waals surface area (Å²) < 4.78 is 29.5. The monoisotopic (exact) mass is 631 g/mol. The van der Waals surface area contributed by atoms with Crippen LogP contribution in [0.3, 0.4) is 0 Å². The van der Waals surface area contributed by atoms with Crippen LogP contribution in [0.4, 0.5) is 5.69 Å². The molecule has 230 valence electrons. The molecule has 1 atom stereocenters. The molecule has 44 heavy (non-hydrogen) atoms. The second-order valence-corrected chi connectivity index (χ2v) is 13.1. The number of rotatable bonds is 13. The van der Waals surface area contributed by atoms with Crippen LogP contribution in [0.2, 0.25) is 5.02 Å². The summed E-state index contributed by atoms with van der Waals surface area (Å²) >= 11 is 6.30. The minimum absolute atomic E-state index is 0.0526. The summed E-state index contributed by atoms with van der Waals surface area (Å²) in [6.07, 6.45) is 0.799. The van der Waals surface area contributed by atoms with Gasteiger partial charge in [-0.1, -0.05) is 97.4 Å². The number of carbonyl (C=O) groups is 2. The Balaban J connectivity index is 1.83. The van der Waals surface area contributed by atoms with Crippen molar-refractivity contribution in [3.8, 4) is 0 Å². The van der Waals surface area contributed by atoms with E-state index in [4.69, 9.17) is 11.6 Å². The number of hydrogen-bond donors (Lipinski definition) is 1. The van der Waals surface area contributed by atoms with Gasteiger partial charge < -0.3 is 10.2 Å². The molecule has 1 N–H and O–H groups in total. The Morgan fingerprint density at radius 1 is 0.818 bits per heavy atom. The molecule has 0 aliphatic heterocycles. The molecule has 4 aromatic carbocycles. The van der Waals surface area contributed by atoms with Gasteiger partial charge in [0.05, 0.1) is 10.6 Å². The average Bonchev–Trinajstić information content (AvgIpc) is 3.02. The second-order valence-electron chi connectivity index (χ2n) is 10.8. The number of benzene rings is 4. The molecular weight excluding hydrogens is 594 g/mol. The quantitative estimate of drug-likeness (QED) is 0.189. The predicted molar refractivity (Wildman–Crippen MR) is 176 cm³/mol. The fourth-order valence-corrected chi connectivity index (χ4v) is 6.74. The molecule has 0 fully saturated rings. The Labute approximate surface area is 265 Å². The van der Waals surface area contributed by atoms with E-state index in [1.807, 2.05) is 69.3 Å². The third-order valence-electron chi connectivity index (χ3n) is 7.20. The van der Waals surface area contributed by atoms with Crippen molar-refractivity contribution >= 4 is 39.1 Å². The van der Waals surface area contributed by atoms with Gasteiger partial charge in [-0.2, -0.15) is 0 Å². The van der Waals surface area contributed by atoms with Gasteiger partial charge in [0.25, 0.3) is 10.0 Å². The minimum atomic E-state index is -4.15. The molecule has 0 aliphatic rings. The molecule has 0 saturated carbocycles. The number of halogens is 1. The summed E-state index contributed by atoms with van der Waals surface area (Å²) in [4.78, 5) is 29.8. The highest BCUT2D eigenvalue weighted by molar-refractivity contribution is 7.92. The van der Waals surface area contributed by atoms with Crippen molar-refractivity contribution < 1.29 is 18.0 Å². The van der Waals surface area contributed by atoms with Gasteiger partial charge in [0.15, 0.2) is 0 Å². The summed E-state index contributed by atoms with van der Waals surface area (Å²) in [7, 11) is -4.15. The summed E-state index contributed by atoms with van der Waals surface area (Å²) in [6, 6.07) is 30.7. The maximum absolute atomic E-state index is 14.5. The topological polar surface area (TPSA) is 86.8 Å². The molecule has 4 aromatic rings. The number of aryl methyl sites for hydroxylation is 1. The van der Waals surface area contributed by atoms with Gasteiger partial charge in [-0.3, -0.25) is 13.9 Å². The van der Waals surface area contributed by atoms with Crippen LogP contribution in [0.1, 0.15) is 37.5 Å². The first-order chi connectivity index (χ1) is 21.1. The Morgan fingerprint density at radius 2 is 1.43 bits per heavy atom. The smallest absolute Gasteiger partial charge is 0.264 e. The fraction of sp³-hybridized carbons (Fsp3) is 0.257. The van der Waals surface area contributed by atoms with E-state index in [1.54, 1.807) is 48.5 Å². The predicted octanol–water partition coefficient (Wildman–Crippen LogP) is 6.26. The molecule has 0 bridgehead atoms. The molecule has 0 aliphatic carbocycles. The van der Waals surface area contributed by atoms with Crippen LogP contribution >= 0.6 is 11.6 Å². The number of para-hydroxylation sites is 1. The van der Waals surface area contributed by atoms with Crippen molar-refractivity contribution in [1.82, 2.24) is 10.2 Å². The van der Waals surface area contributed by atoms with Gasteiger partial charge >= 0.3 is 0 Å². The van der Waals surface area contributed by atoms with Crippen molar-refractivity contribution in [3.63, 3.8) is 0 Å². The van der Waals surface area contributed by atoms with Crippen molar-refractivity contribution in [2.75, 3.05) is 10.8 Å². The summed E-state index contributed by atoms with van der Waals surface area (Å²) in [6.45, 7) is 5.20. The van der Waals surface area contributed by atoms with E-state index in [-0.39, 0.29) is 29.8 Å². The number of anilines is 1. The number of hydrogen-bond acceptors (Lipinski definition) is 4. The van der Waals surface area contributed by atoms with Gasteiger partial charge in [0.2, 0.25) is 11.8 Å². The first kappa shape index (κ1) is 32.8. The van der Waals surface area contributed by atoms with E-state index in [0.29, 0.717) is 22.7 Å². The molecule has 0 unspecified atom stereocenters. The van der Waals surface area contributed by atoms with Gasteiger partial charge in [0.1, 0.15) is 12.6 Å². The van der Waals surface area contributed by atoms with Crippen LogP contribution in [-0.2, 0) is 39.0 Å². The fourth-order valence-electron chi connectivity index (χ4n) is 5.05. The Kier molecular flexibility index (Phi) is 11.2. The molecule has 4 rings (SSSR count). The van der Waals surface area contributed by atoms with E-state index in [9.17, 15) is 18.0 Å². The lowest BCUT2D eigenvalue weighted by Gasteiger charge is -2.34. The minimum Gasteiger partial charge on any atom is -0.352 e. The van der Waals surface area contributed by atoms with Crippen LogP contribution < -0.4 is 9.62 Å². The van der Waals surface area contributed by atoms with Gasteiger partial charge in [-0.25, -0.2) is 8.42 Å².